The fraction of sp³-hybridized carbons (Fsp3) is 0.462. The highest BCUT2D eigenvalue weighted by atomic mass is 19.1. The van der Waals surface area contributed by atoms with E-state index in [1.165, 1.54) is 18.1 Å². The van der Waals surface area contributed by atoms with Crippen molar-refractivity contribution in [2.24, 2.45) is 5.92 Å². The third-order valence-corrected chi connectivity index (χ3v) is 7.36. The first kappa shape index (κ1) is 22.7. The minimum atomic E-state index is -0.597. The quantitative estimate of drug-likeness (QED) is 0.642. The molecule has 178 valence electrons. The zero-order valence-electron chi connectivity index (χ0n) is 19.1. The highest BCUT2D eigenvalue weighted by Gasteiger charge is 2.39. The minimum Gasteiger partial charge on any atom is -0.322 e. The number of fused-ring (bicyclic) bond motifs is 1. The molecule has 3 atom stereocenters. The maximum Gasteiger partial charge on any atom is 0.255 e. The van der Waals surface area contributed by atoms with Crippen molar-refractivity contribution in [3.63, 3.8) is 0 Å². The van der Waals surface area contributed by atoms with Gasteiger partial charge in [-0.25, -0.2) is 4.39 Å². The fourth-order valence-electron chi connectivity index (χ4n) is 5.55. The van der Waals surface area contributed by atoms with E-state index in [1.807, 2.05) is 12.1 Å². The van der Waals surface area contributed by atoms with E-state index in [0.29, 0.717) is 36.7 Å². The predicted octanol–water partition coefficient (Wildman–Crippen LogP) is 2.87. The highest BCUT2D eigenvalue weighted by Crippen LogP contribution is 2.32. The molecule has 1 aromatic carbocycles. The van der Waals surface area contributed by atoms with Crippen LogP contribution in [0.15, 0.2) is 36.5 Å². The van der Waals surface area contributed by atoms with Crippen LogP contribution in [-0.2, 0) is 29.1 Å². The van der Waals surface area contributed by atoms with Crippen LogP contribution in [0.5, 0.6) is 0 Å². The number of pyridine rings is 1. The molecule has 34 heavy (non-hydrogen) atoms. The molecule has 1 aromatic heterocycles. The average Bonchev–Trinajstić information content (AvgIpc) is 3.15. The number of benzene rings is 1. The summed E-state index contributed by atoms with van der Waals surface area (Å²) in [6.07, 6.45) is 7.58. The number of hydrogen-bond donors (Lipinski definition) is 2. The Bertz CT molecular complexity index is 1120. The topological polar surface area (TPSA) is 91.4 Å². The lowest BCUT2D eigenvalue weighted by molar-refractivity contribution is -0.136. The van der Waals surface area contributed by atoms with Gasteiger partial charge in [-0.05, 0) is 60.9 Å². The third kappa shape index (κ3) is 4.59. The molecule has 2 N–H and O–H groups in total. The van der Waals surface area contributed by atoms with Crippen LogP contribution in [0.4, 0.5) is 4.39 Å². The van der Waals surface area contributed by atoms with Crippen molar-refractivity contribution in [2.75, 3.05) is 0 Å². The first-order valence-electron chi connectivity index (χ1n) is 12.1. The second kappa shape index (κ2) is 9.62. The summed E-state index contributed by atoms with van der Waals surface area (Å²) in [6.45, 7) is 0.799. The standard InChI is InChI=1S/C26H29FN4O3/c27-20-5-3-11-28-22(20)14-29-21-6-2-1-4-17(21)12-16-7-8-19-18(13-16)15-31(26(19)34)23-9-10-24(32)30-25(23)33/h3,5,7-8,11,13,17,21,23,29H,1-2,4,6,9-10,12,14-15H2,(H,30,32,33)/t17-,21+,23?/m1/s1. The average molecular weight is 465 g/mol. The lowest BCUT2D eigenvalue weighted by Crippen LogP contribution is -2.52. The number of hydrogen-bond acceptors (Lipinski definition) is 5. The van der Waals surface area contributed by atoms with Gasteiger partial charge in [0.1, 0.15) is 11.9 Å². The summed E-state index contributed by atoms with van der Waals surface area (Å²) in [4.78, 5) is 42.4. The summed E-state index contributed by atoms with van der Waals surface area (Å²) in [5.41, 5.74) is 3.18. The maximum atomic E-state index is 14.0. The van der Waals surface area contributed by atoms with Crippen LogP contribution in [0.2, 0.25) is 0 Å². The summed E-state index contributed by atoms with van der Waals surface area (Å²) in [5, 5.41) is 5.87. The van der Waals surface area contributed by atoms with E-state index in [2.05, 4.69) is 21.7 Å². The molecule has 1 unspecified atom stereocenters. The van der Waals surface area contributed by atoms with Gasteiger partial charge in [0, 0.05) is 37.3 Å². The Morgan fingerprint density at radius 3 is 2.79 bits per heavy atom. The molecule has 3 amide bonds. The molecule has 2 aliphatic heterocycles. The van der Waals surface area contributed by atoms with E-state index in [0.717, 1.165) is 31.2 Å². The summed E-state index contributed by atoms with van der Waals surface area (Å²) in [7, 11) is 0. The highest BCUT2D eigenvalue weighted by molar-refractivity contribution is 6.05. The van der Waals surface area contributed by atoms with E-state index >= 15 is 0 Å². The molecule has 0 spiro atoms. The summed E-state index contributed by atoms with van der Waals surface area (Å²) in [6, 6.07) is 8.69. The van der Waals surface area contributed by atoms with Crippen LogP contribution in [-0.4, -0.2) is 39.7 Å². The molecule has 1 saturated carbocycles. The van der Waals surface area contributed by atoms with Gasteiger partial charge in [0.25, 0.3) is 5.91 Å². The van der Waals surface area contributed by atoms with Crippen LogP contribution < -0.4 is 10.6 Å². The first-order chi connectivity index (χ1) is 16.5. The van der Waals surface area contributed by atoms with Crippen LogP contribution in [0.25, 0.3) is 0 Å². The van der Waals surface area contributed by atoms with Gasteiger partial charge < -0.3 is 10.2 Å². The molecular weight excluding hydrogens is 435 g/mol. The number of nitrogens with one attached hydrogen (secondary N) is 2. The van der Waals surface area contributed by atoms with Gasteiger partial charge in [0.05, 0.1) is 5.69 Å². The zero-order chi connectivity index (χ0) is 23.7. The Morgan fingerprint density at radius 1 is 1.12 bits per heavy atom. The second-order valence-corrected chi connectivity index (χ2v) is 9.56. The van der Waals surface area contributed by atoms with Gasteiger partial charge in [0.15, 0.2) is 0 Å². The molecular formula is C26H29FN4O3. The predicted molar refractivity (Wildman–Crippen MR) is 123 cm³/mol. The fourth-order valence-corrected chi connectivity index (χ4v) is 5.55. The second-order valence-electron chi connectivity index (χ2n) is 9.56. The maximum absolute atomic E-state index is 14.0. The van der Waals surface area contributed by atoms with Gasteiger partial charge >= 0.3 is 0 Å². The molecule has 3 heterocycles. The lowest BCUT2D eigenvalue weighted by Gasteiger charge is -2.32. The number of rotatable bonds is 6. The molecule has 2 fully saturated rings. The van der Waals surface area contributed by atoms with Crippen molar-refractivity contribution in [2.45, 2.75) is 70.1 Å². The Labute approximate surface area is 198 Å². The molecule has 2 aromatic rings. The number of nitrogens with zero attached hydrogens (tertiary/aromatic N) is 2. The van der Waals surface area contributed by atoms with E-state index in [9.17, 15) is 18.8 Å². The molecule has 8 heteroatoms. The number of aromatic nitrogens is 1. The molecule has 0 radical (unpaired) electrons. The van der Waals surface area contributed by atoms with Crippen LogP contribution in [0, 0.1) is 11.7 Å². The zero-order valence-corrected chi connectivity index (χ0v) is 19.1. The van der Waals surface area contributed by atoms with Gasteiger partial charge in [-0.1, -0.05) is 25.0 Å². The van der Waals surface area contributed by atoms with Crippen LogP contribution >= 0.6 is 0 Å². The van der Waals surface area contributed by atoms with Crippen molar-refractivity contribution < 1.29 is 18.8 Å². The van der Waals surface area contributed by atoms with E-state index in [1.54, 1.807) is 17.2 Å². The Kier molecular flexibility index (Phi) is 6.41. The lowest BCUT2D eigenvalue weighted by atomic mass is 9.80. The van der Waals surface area contributed by atoms with Crippen molar-refractivity contribution in [1.29, 1.82) is 0 Å². The summed E-state index contributed by atoms with van der Waals surface area (Å²) in [5.74, 6) is -0.689. The molecule has 1 aliphatic carbocycles. The van der Waals surface area contributed by atoms with Gasteiger partial charge in [-0.2, -0.15) is 0 Å². The third-order valence-electron chi connectivity index (χ3n) is 7.36. The summed E-state index contributed by atoms with van der Waals surface area (Å²) < 4.78 is 14.0. The van der Waals surface area contributed by atoms with E-state index < -0.39 is 11.9 Å². The Morgan fingerprint density at radius 2 is 1.97 bits per heavy atom. The largest absolute Gasteiger partial charge is 0.322 e. The summed E-state index contributed by atoms with van der Waals surface area (Å²) >= 11 is 0. The van der Waals surface area contributed by atoms with Crippen LogP contribution in [0.3, 0.4) is 0 Å². The van der Waals surface area contributed by atoms with Crippen molar-refractivity contribution in [3.8, 4) is 0 Å². The number of imide groups is 1. The Balaban J connectivity index is 1.26. The van der Waals surface area contributed by atoms with Crippen LogP contribution in [0.1, 0.15) is 65.7 Å². The number of carbonyl (C=O) groups excluding carboxylic acids is 3. The number of amides is 3. The van der Waals surface area contributed by atoms with Crippen molar-refractivity contribution in [1.82, 2.24) is 20.5 Å². The normalized spacial score (nSPS) is 24.8. The molecule has 5 rings (SSSR count). The van der Waals surface area contributed by atoms with Gasteiger partial charge in [0.2, 0.25) is 11.8 Å². The number of piperidine rings is 1. The minimum absolute atomic E-state index is 0.148. The van der Waals surface area contributed by atoms with Crippen molar-refractivity contribution in [3.05, 3.63) is 64.7 Å². The number of halogens is 1. The van der Waals surface area contributed by atoms with Gasteiger partial charge in [-0.15, -0.1) is 0 Å². The molecule has 3 aliphatic rings. The molecule has 1 saturated heterocycles. The molecule has 7 nitrogen and oxygen atoms in total. The van der Waals surface area contributed by atoms with Gasteiger partial charge in [-0.3, -0.25) is 24.7 Å². The first-order valence-corrected chi connectivity index (χ1v) is 12.1. The van der Waals surface area contributed by atoms with Crippen molar-refractivity contribution >= 4 is 17.7 Å². The number of carbonyl (C=O) groups is 3. The van der Waals surface area contributed by atoms with E-state index in [4.69, 9.17) is 0 Å². The smallest absolute Gasteiger partial charge is 0.255 e. The monoisotopic (exact) mass is 464 g/mol. The molecule has 0 bridgehead atoms. The Hall–Kier alpha value is -3.13. The van der Waals surface area contributed by atoms with E-state index in [-0.39, 0.29) is 30.1 Å². The SMILES string of the molecule is O=C1CCC(N2Cc3cc(C[C@H]4CCCC[C@@H]4NCc4ncccc4F)ccc3C2=O)C(=O)N1.